The maximum absolute atomic E-state index is 12.1. The fourth-order valence-electron chi connectivity index (χ4n) is 3.45. The fourth-order valence-corrected chi connectivity index (χ4v) is 3.45. The molecule has 2 heterocycles. The number of hydrogen-bond donors (Lipinski definition) is 1. The van der Waals surface area contributed by atoms with E-state index in [2.05, 4.69) is 17.4 Å². The summed E-state index contributed by atoms with van der Waals surface area (Å²) in [4.78, 5) is 26.2. The third kappa shape index (κ3) is 4.57. The lowest BCUT2D eigenvalue weighted by Crippen LogP contribution is -2.38. The van der Waals surface area contributed by atoms with Crippen LogP contribution >= 0.6 is 0 Å². The van der Waals surface area contributed by atoms with Gasteiger partial charge in [0.1, 0.15) is 0 Å². The SMILES string of the molecule is O=C(NC[C@H]1CC(=O)N(CCc2ccccc2)C1)[C@H]1CCCOC1. The first-order chi connectivity index (χ1) is 11.7. The first-order valence-corrected chi connectivity index (χ1v) is 8.89. The van der Waals surface area contributed by atoms with E-state index >= 15 is 0 Å². The van der Waals surface area contributed by atoms with Gasteiger partial charge in [0.15, 0.2) is 0 Å². The Bertz CT molecular complexity index is 555. The molecule has 2 atom stereocenters. The first kappa shape index (κ1) is 17.0. The van der Waals surface area contributed by atoms with Crippen LogP contribution in [-0.4, -0.2) is 49.6 Å². The summed E-state index contributed by atoms with van der Waals surface area (Å²) in [6.45, 7) is 3.37. The molecule has 2 aliphatic heterocycles. The Balaban J connectivity index is 1.40. The lowest BCUT2D eigenvalue weighted by atomic mass is 10.0. The predicted octanol–water partition coefficient (Wildman–Crippen LogP) is 1.62. The van der Waals surface area contributed by atoms with E-state index in [0.29, 0.717) is 19.6 Å². The third-order valence-corrected chi connectivity index (χ3v) is 4.90. The summed E-state index contributed by atoms with van der Waals surface area (Å²) in [6, 6.07) is 10.2. The van der Waals surface area contributed by atoms with Crippen molar-refractivity contribution in [2.75, 3.05) is 32.8 Å². The summed E-state index contributed by atoms with van der Waals surface area (Å²) in [5.74, 6) is 0.475. The number of hydrogen-bond acceptors (Lipinski definition) is 3. The standard InChI is InChI=1S/C19H26N2O3/c22-18-11-16(12-20-19(23)17-7-4-10-24-14-17)13-21(18)9-8-15-5-2-1-3-6-15/h1-3,5-6,16-17H,4,7-14H2,(H,20,23)/t16-,17+/m1/s1. The van der Waals surface area contributed by atoms with E-state index in [1.807, 2.05) is 23.1 Å². The van der Waals surface area contributed by atoms with Crippen LogP contribution in [0.4, 0.5) is 0 Å². The highest BCUT2D eigenvalue weighted by atomic mass is 16.5. The van der Waals surface area contributed by atoms with Gasteiger partial charge >= 0.3 is 0 Å². The predicted molar refractivity (Wildman–Crippen MR) is 91.4 cm³/mol. The molecular weight excluding hydrogens is 304 g/mol. The summed E-state index contributed by atoms with van der Waals surface area (Å²) in [5, 5.41) is 3.01. The van der Waals surface area contributed by atoms with Crippen LogP contribution in [-0.2, 0) is 20.7 Å². The Kier molecular flexibility index (Phi) is 5.86. The highest BCUT2D eigenvalue weighted by Gasteiger charge is 2.30. The van der Waals surface area contributed by atoms with Crippen LogP contribution in [0.15, 0.2) is 30.3 Å². The molecule has 2 saturated heterocycles. The van der Waals surface area contributed by atoms with E-state index in [1.165, 1.54) is 5.56 Å². The summed E-state index contributed by atoms with van der Waals surface area (Å²) >= 11 is 0. The highest BCUT2D eigenvalue weighted by molar-refractivity contribution is 5.80. The number of likely N-dealkylation sites (tertiary alicyclic amines) is 1. The normalized spacial score (nSPS) is 24.2. The smallest absolute Gasteiger partial charge is 0.225 e. The zero-order chi connectivity index (χ0) is 16.8. The van der Waals surface area contributed by atoms with Gasteiger partial charge in [0.05, 0.1) is 12.5 Å². The van der Waals surface area contributed by atoms with E-state index in [4.69, 9.17) is 4.74 Å². The molecule has 0 unspecified atom stereocenters. The van der Waals surface area contributed by atoms with Crippen LogP contribution in [0.25, 0.3) is 0 Å². The molecule has 2 amide bonds. The Morgan fingerprint density at radius 2 is 2.12 bits per heavy atom. The van der Waals surface area contributed by atoms with Crippen LogP contribution in [0.5, 0.6) is 0 Å². The van der Waals surface area contributed by atoms with Crippen molar-refractivity contribution >= 4 is 11.8 Å². The van der Waals surface area contributed by atoms with E-state index in [0.717, 1.165) is 39.0 Å². The average molecular weight is 330 g/mol. The van der Waals surface area contributed by atoms with E-state index in [1.54, 1.807) is 0 Å². The van der Waals surface area contributed by atoms with Gasteiger partial charge in [0.25, 0.3) is 0 Å². The monoisotopic (exact) mass is 330 g/mol. The Labute approximate surface area is 143 Å². The number of nitrogens with zero attached hydrogens (tertiary/aromatic N) is 1. The van der Waals surface area contributed by atoms with Crippen LogP contribution in [0.2, 0.25) is 0 Å². The molecule has 1 aromatic rings. The zero-order valence-corrected chi connectivity index (χ0v) is 14.1. The van der Waals surface area contributed by atoms with Gasteiger partial charge in [0, 0.05) is 38.6 Å². The lowest BCUT2D eigenvalue weighted by Gasteiger charge is -2.22. The molecular formula is C19H26N2O3. The number of amides is 2. The van der Waals surface area contributed by atoms with Gasteiger partial charge in [-0.25, -0.2) is 0 Å². The molecule has 24 heavy (non-hydrogen) atoms. The van der Waals surface area contributed by atoms with Crippen LogP contribution in [0.3, 0.4) is 0 Å². The van der Waals surface area contributed by atoms with Gasteiger partial charge in [-0.3, -0.25) is 9.59 Å². The minimum atomic E-state index is -0.0231. The van der Waals surface area contributed by atoms with Crippen molar-refractivity contribution < 1.29 is 14.3 Å². The molecule has 2 aliphatic rings. The van der Waals surface area contributed by atoms with Crippen molar-refractivity contribution in [3.8, 4) is 0 Å². The zero-order valence-electron chi connectivity index (χ0n) is 14.1. The third-order valence-electron chi connectivity index (χ3n) is 4.90. The Morgan fingerprint density at radius 3 is 2.88 bits per heavy atom. The summed E-state index contributed by atoms with van der Waals surface area (Å²) in [5.41, 5.74) is 1.25. The second-order valence-corrected chi connectivity index (χ2v) is 6.80. The average Bonchev–Trinajstić information content (AvgIpc) is 2.99. The van der Waals surface area contributed by atoms with Gasteiger partial charge in [-0.15, -0.1) is 0 Å². The number of nitrogens with one attached hydrogen (secondary N) is 1. The van der Waals surface area contributed by atoms with Gasteiger partial charge in [0.2, 0.25) is 11.8 Å². The Morgan fingerprint density at radius 1 is 1.29 bits per heavy atom. The molecule has 3 rings (SSSR count). The molecule has 0 aromatic heterocycles. The molecule has 1 N–H and O–H groups in total. The van der Waals surface area contributed by atoms with Gasteiger partial charge in [-0.05, 0) is 24.8 Å². The molecule has 130 valence electrons. The van der Waals surface area contributed by atoms with Gasteiger partial charge in [-0.1, -0.05) is 30.3 Å². The quantitative estimate of drug-likeness (QED) is 0.862. The minimum Gasteiger partial charge on any atom is -0.381 e. The van der Waals surface area contributed by atoms with Crippen LogP contribution in [0, 0.1) is 11.8 Å². The second kappa shape index (κ2) is 8.29. The molecule has 0 radical (unpaired) electrons. The fraction of sp³-hybridized carbons (Fsp3) is 0.579. The summed E-state index contributed by atoms with van der Waals surface area (Å²) < 4.78 is 5.36. The molecule has 0 bridgehead atoms. The van der Waals surface area contributed by atoms with Crippen molar-refractivity contribution in [1.29, 1.82) is 0 Å². The number of carbonyl (C=O) groups excluding carboxylic acids is 2. The van der Waals surface area contributed by atoms with Crippen molar-refractivity contribution in [1.82, 2.24) is 10.2 Å². The van der Waals surface area contributed by atoms with Crippen molar-refractivity contribution in [3.63, 3.8) is 0 Å². The summed E-state index contributed by atoms with van der Waals surface area (Å²) in [7, 11) is 0. The molecule has 1 aromatic carbocycles. The van der Waals surface area contributed by atoms with Gasteiger partial charge in [-0.2, -0.15) is 0 Å². The molecule has 5 nitrogen and oxygen atoms in total. The minimum absolute atomic E-state index is 0.0231. The summed E-state index contributed by atoms with van der Waals surface area (Å²) in [6.07, 6.45) is 3.27. The number of carbonyl (C=O) groups is 2. The second-order valence-electron chi connectivity index (χ2n) is 6.80. The number of rotatable bonds is 6. The van der Waals surface area contributed by atoms with E-state index in [9.17, 15) is 9.59 Å². The molecule has 0 aliphatic carbocycles. The topological polar surface area (TPSA) is 58.6 Å². The van der Waals surface area contributed by atoms with Crippen molar-refractivity contribution in [2.45, 2.75) is 25.7 Å². The van der Waals surface area contributed by atoms with Crippen LogP contribution < -0.4 is 5.32 Å². The Hall–Kier alpha value is -1.88. The molecule has 0 saturated carbocycles. The largest absolute Gasteiger partial charge is 0.381 e. The van der Waals surface area contributed by atoms with Gasteiger partial charge < -0.3 is 15.0 Å². The molecule has 2 fully saturated rings. The van der Waals surface area contributed by atoms with Crippen LogP contribution in [0.1, 0.15) is 24.8 Å². The maximum atomic E-state index is 12.1. The van der Waals surface area contributed by atoms with Crippen molar-refractivity contribution in [2.24, 2.45) is 11.8 Å². The maximum Gasteiger partial charge on any atom is 0.225 e. The number of benzene rings is 1. The van der Waals surface area contributed by atoms with E-state index < -0.39 is 0 Å². The molecule has 0 spiro atoms. The molecule has 5 heteroatoms. The first-order valence-electron chi connectivity index (χ1n) is 8.89. The highest BCUT2D eigenvalue weighted by Crippen LogP contribution is 2.19. The lowest BCUT2D eigenvalue weighted by molar-refractivity contribution is -0.129. The van der Waals surface area contributed by atoms with Crippen molar-refractivity contribution in [3.05, 3.63) is 35.9 Å². The number of ether oxygens (including phenoxy) is 1. The van der Waals surface area contributed by atoms with E-state index in [-0.39, 0.29) is 23.7 Å².